The average molecular weight is 389 g/mol. The summed E-state index contributed by atoms with van der Waals surface area (Å²) in [4.78, 5) is 3.98. The van der Waals surface area contributed by atoms with Gasteiger partial charge in [0.05, 0.1) is 0 Å². The molecule has 0 aliphatic carbocycles. The number of aromatic amines is 1. The fourth-order valence-electron chi connectivity index (χ4n) is 2.04. The van der Waals surface area contributed by atoms with Gasteiger partial charge in [0.1, 0.15) is 17.8 Å². The van der Waals surface area contributed by atoms with Crippen molar-refractivity contribution in [3.8, 4) is 0 Å². The highest BCUT2D eigenvalue weighted by atomic mass is 35.6. The Hall–Kier alpha value is -0.230. The van der Waals surface area contributed by atoms with E-state index in [-0.39, 0.29) is 17.9 Å². The predicted octanol–water partition coefficient (Wildman–Crippen LogP) is 4.30. The number of nitrogens with one attached hydrogen (secondary N) is 1. The van der Waals surface area contributed by atoms with E-state index < -0.39 is 9.39 Å². The maximum absolute atomic E-state index is 11.0. The fourth-order valence-corrected chi connectivity index (χ4v) is 3.29. The molecule has 114 valence electrons. The van der Waals surface area contributed by atoms with Crippen molar-refractivity contribution < 1.29 is 5.11 Å². The van der Waals surface area contributed by atoms with Crippen LogP contribution >= 0.6 is 58.0 Å². The van der Waals surface area contributed by atoms with Crippen LogP contribution in [-0.2, 0) is 12.0 Å². The van der Waals surface area contributed by atoms with E-state index in [4.69, 9.17) is 58.0 Å². The molecule has 1 unspecified atom stereocenters. The van der Waals surface area contributed by atoms with Gasteiger partial charge in [0.15, 0.2) is 3.79 Å². The Labute approximate surface area is 146 Å². The van der Waals surface area contributed by atoms with Crippen LogP contribution in [0.25, 0.3) is 0 Å². The zero-order valence-corrected chi connectivity index (χ0v) is 14.2. The zero-order valence-electron chi connectivity index (χ0n) is 10.5. The van der Waals surface area contributed by atoms with Crippen molar-refractivity contribution in [1.82, 2.24) is 15.2 Å². The minimum absolute atomic E-state index is 0.0578. The molecule has 0 saturated carbocycles. The number of halogens is 5. The van der Waals surface area contributed by atoms with E-state index in [9.17, 15) is 5.11 Å². The molecule has 0 amide bonds. The van der Waals surface area contributed by atoms with Gasteiger partial charge in [0, 0.05) is 28.5 Å². The number of hydrogen-bond acceptors (Lipinski definition) is 3. The lowest BCUT2D eigenvalue weighted by Gasteiger charge is -2.31. The average Bonchev–Trinajstić information content (AvgIpc) is 2.78. The molecule has 2 rings (SSSR count). The second-order valence-electron chi connectivity index (χ2n) is 4.56. The number of rotatable bonds is 4. The fraction of sp³-hybridized carbons (Fsp3) is 0.333. The van der Waals surface area contributed by atoms with Crippen molar-refractivity contribution in [3.63, 3.8) is 0 Å². The van der Waals surface area contributed by atoms with Crippen LogP contribution in [0.4, 0.5) is 0 Å². The summed E-state index contributed by atoms with van der Waals surface area (Å²) in [5, 5.41) is 18.1. The summed E-state index contributed by atoms with van der Waals surface area (Å²) in [5.74, 6) is 0.442. The molecule has 0 aliphatic heterocycles. The molecule has 0 spiro atoms. The maximum atomic E-state index is 11.0. The standard InChI is InChI=1S/C12H10Cl5N3O/c13-7-1-2-8(9(14)3-7)11(21,5-12(15,16)17)4-10-18-6-19-20-10/h1-3,6,21H,4-5H2,(H,18,19,20). The van der Waals surface area contributed by atoms with Crippen molar-refractivity contribution in [2.45, 2.75) is 22.2 Å². The molecular weight excluding hydrogens is 379 g/mol. The summed E-state index contributed by atoms with van der Waals surface area (Å²) in [6, 6.07) is 4.71. The Bertz CT molecular complexity index is 614. The largest absolute Gasteiger partial charge is 0.384 e. The van der Waals surface area contributed by atoms with Crippen LogP contribution in [0.5, 0.6) is 0 Å². The van der Waals surface area contributed by atoms with Crippen LogP contribution < -0.4 is 0 Å². The summed E-state index contributed by atoms with van der Waals surface area (Å²) >= 11 is 29.6. The first-order chi connectivity index (χ1) is 9.70. The lowest BCUT2D eigenvalue weighted by atomic mass is 9.87. The van der Waals surface area contributed by atoms with Crippen LogP contribution in [0.15, 0.2) is 24.5 Å². The molecule has 1 aromatic heterocycles. The van der Waals surface area contributed by atoms with Gasteiger partial charge in [-0.3, -0.25) is 5.10 Å². The summed E-state index contributed by atoms with van der Waals surface area (Å²) in [6.07, 6.45) is 1.21. The molecule has 2 aromatic rings. The van der Waals surface area contributed by atoms with E-state index in [2.05, 4.69) is 15.2 Å². The Morgan fingerprint density at radius 3 is 2.43 bits per heavy atom. The molecular formula is C12H10Cl5N3O. The Morgan fingerprint density at radius 2 is 1.90 bits per heavy atom. The maximum Gasteiger partial charge on any atom is 0.193 e. The van der Waals surface area contributed by atoms with Crippen LogP contribution in [0, 0.1) is 0 Å². The number of nitrogens with zero attached hydrogens (tertiary/aromatic N) is 2. The van der Waals surface area contributed by atoms with Gasteiger partial charge in [0.25, 0.3) is 0 Å². The van der Waals surface area contributed by atoms with E-state index in [1.54, 1.807) is 12.1 Å². The molecule has 2 N–H and O–H groups in total. The van der Waals surface area contributed by atoms with Gasteiger partial charge in [0.2, 0.25) is 0 Å². The number of H-pyrrole nitrogens is 1. The van der Waals surface area contributed by atoms with Gasteiger partial charge in [-0.15, -0.1) is 0 Å². The molecule has 9 heteroatoms. The monoisotopic (exact) mass is 387 g/mol. The molecule has 1 aromatic carbocycles. The highest BCUT2D eigenvalue weighted by Crippen LogP contribution is 2.43. The van der Waals surface area contributed by atoms with Crippen molar-refractivity contribution in [2.75, 3.05) is 0 Å². The van der Waals surface area contributed by atoms with Gasteiger partial charge < -0.3 is 5.11 Å². The van der Waals surface area contributed by atoms with Crippen LogP contribution in [0.1, 0.15) is 17.8 Å². The molecule has 1 atom stereocenters. The van der Waals surface area contributed by atoms with E-state index in [0.717, 1.165) is 0 Å². The quantitative estimate of drug-likeness (QED) is 0.767. The lowest BCUT2D eigenvalue weighted by Crippen LogP contribution is -2.34. The van der Waals surface area contributed by atoms with Gasteiger partial charge in [-0.25, -0.2) is 4.98 Å². The van der Waals surface area contributed by atoms with E-state index in [1.807, 2.05) is 0 Å². The molecule has 21 heavy (non-hydrogen) atoms. The van der Waals surface area contributed by atoms with Crippen LogP contribution in [-0.4, -0.2) is 24.1 Å². The van der Waals surface area contributed by atoms with E-state index in [1.165, 1.54) is 12.4 Å². The Balaban J connectivity index is 2.44. The molecule has 0 radical (unpaired) electrons. The van der Waals surface area contributed by atoms with Crippen LogP contribution in [0.2, 0.25) is 10.0 Å². The minimum atomic E-state index is -1.67. The smallest absolute Gasteiger partial charge is 0.193 e. The minimum Gasteiger partial charge on any atom is -0.384 e. The highest BCUT2D eigenvalue weighted by Gasteiger charge is 2.40. The topological polar surface area (TPSA) is 61.8 Å². The van der Waals surface area contributed by atoms with Crippen molar-refractivity contribution >= 4 is 58.0 Å². The molecule has 4 nitrogen and oxygen atoms in total. The van der Waals surface area contributed by atoms with Crippen molar-refractivity contribution in [3.05, 3.63) is 46.0 Å². The lowest BCUT2D eigenvalue weighted by molar-refractivity contribution is 0.0271. The number of aliphatic hydroxyl groups is 1. The van der Waals surface area contributed by atoms with Gasteiger partial charge in [-0.1, -0.05) is 64.1 Å². The Morgan fingerprint density at radius 1 is 1.19 bits per heavy atom. The summed E-state index contributed by atoms with van der Waals surface area (Å²) in [5.41, 5.74) is -1.14. The summed E-state index contributed by atoms with van der Waals surface area (Å²) in [6.45, 7) is 0. The molecule has 0 aliphatic rings. The number of benzene rings is 1. The van der Waals surface area contributed by atoms with E-state index in [0.29, 0.717) is 16.4 Å². The SMILES string of the molecule is OC(Cc1ncn[nH]1)(CC(Cl)(Cl)Cl)c1ccc(Cl)cc1Cl. The second kappa shape index (κ2) is 6.49. The summed E-state index contributed by atoms with van der Waals surface area (Å²) < 4.78 is -1.67. The van der Waals surface area contributed by atoms with Gasteiger partial charge in [-0.05, 0) is 12.1 Å². The third-order valence-corrected chi connectivity index (χ3v) is 3.80. The first-order valence-electron chi connectivity index (χ1n) is 5.78. The zero-order chi connectivity index (χ0) is 15.7. The van der Waals surface area contributed by atoms with Crippen LogP contribution in [0.3, 0.4) is 0 Å². The molecule has 0 fully saturated rings. The number of alkyl halides is 3. The normalized spacial score (nSPS) is 15.0. The summed E-state index contributed by atoms with van der Waals surface area (Å²) in [7, 11) is 0. The molecule has 0 bridgehead atoms. The first-order valence-corrected chi connectivity index (χ1v) is 7.67. The van der Waals surface area contributed by atoms with Crippen molar-refractivity contribution in [2.24, 2.45) is 0 Å². The van der Waals surface area contributed by atoms with Gasteiger partial charge in [-0.2, -0.15) is 5.10 Å². The third-order valence-electron chi connectivity index (χ3n) is 2.85. The molecule has 1 heterocycles. The first kappa shape index (κ1) is 17.1. The number of hydrogen-bond donors (Lipinski definition) is 2. The van der Waals surface area contributed by atoms with Crippen molar-refractivity contribution in [1.29, 1.82) is 0 Å². The predicted molar refractivity (Wildman–Crippen MR) is 85.4 cm³/mol. The Kier molecular flexibility index (Phi) is 5.29. The second-order valence-corrected chi connectivity index (χ2v) is 7.92. The molecule has 0 saturated heterocycles. The van der Waals surface area contributed by atoms with Gasteiger partial charge >= 0.3 is 0 Å². The number of aromatic nitrogens is 3. The van der Waals surface area contributed by atoms with E-state index >= 15 is 0 Å². The highest BCUT2D eigenvalue weighted by molar-refractivity contribution is 6.67. The third kappa shape index (κ3) is 4.62.